The van der Waals surface area contributed by atoms with E-state index in [1.54, 1.807) is 0 Å². The van der Waals surface area contributed by atoms with Gasteiger partial charge in [0, 0.05) is 6.54 Å². The zero-order chi connectivity index (χ0) is 13.7. The van der Waals surface area contributed by atoms with Gasteiger partial charge in [0.05, 0.1) is 0 Å². The summed E-state index contributed by atoms with van der Waals surface area (Å²) in [5.74, 6) is 0.933. The minimum atomic E-state index is 0.933. The molecular formula is C17H28N2. The first-order chi connectivity index (χ1) is 9.20. The van der Waals surface area contributed by atoms with Crippen LogP contribution in [0.15, 0.2) is 18.2 Å². The molecular weight excluding hydrogens is 232 g/mol. The largest absolute Gasteiger partial charge is 0.320 e. The van der Waals surface area contributed by atoms with Gasteiger partial charge in [0.25, 0.3) is 0 Å². The van der Waals surface area contributed by atoms with Gasteiger partial charge in [-0.1, -0.05) is 18.2 Å². The molecule has 1 aliphatic heterocycles. The van der Waals surface area contributed by atoms with Crippen molar-refractivity contribution in [3.8, 4) is 0 Å². The summed E-state index contributed by atoms with van der Waals surface area (Å²) in [6.45, 7) is 9.30. The smallest absolute Gasteiger partial charge is 0.0236 e. The number of hydrogen-bond donors (Lipinski definition) is 1. The maximum atomic E-state index is 3.27. The predicted octanol–water partition coefficient (Wildman–Crippen LogP) is 3.12. The van der Waals surface area contributed by atoms with Crippen LogP contribution in [0.5, 0.6) is 0 Å². The highest BCUT2D eigenvalue weighted by Crippen LogP contribution is 2.22. The van der Waals surface area contributed by atoms with E-state index >= 15 is 0 Å². The molecule has 1 N–H and O–H groups in total. The molecule has 2 heteroatoms. The van der Waals surface area contributed by atoms with Crippen LogP contribution in [0.3, 0.4) is 0 Å². The monoisotopic (exact) mass is 260 g/mol. The topological polar surface area (TPSA) is 15.3 Å². The first-order valence-electron chi connectivity index (χ1n) is 7.62. The molecule has 1 aliphatic rings. The van der Waals surface area contributed by atoms with E-state index in [4.69, 9.17) is 0 Å². The molecule has 19 heavy (non-hydrogen) atoms. The Kier molecular flexibility index (Phi) is 5.41. The lowest BCUT2D eigenvalue weighted by molar-refractivity contribution is 0.172. The minimum Gasteiger partial charge on any atom is -0.320 e. The van der Waals surface area contributed by atoms with Gasteiger partial charge in [-0.15, -0.1) is 0 Å². The van der Waals surface area contributed by atoms with Crippen LogP contribution in [0, 0.1) is 19.8 Å². The molecule has 0 radical (unpaired) electrons. The molecule has 0 atom stereocenters. The van der Waals surface area contributed by atoms with Crippen molar-refractivity contribution < 1.29 is 0 Å². The molecule has 0 saturated carbocycles. The van der Waals surface area contributed by atoms with E-state index in [-0.39, 0.29) is 0 Å². The van der Waals surface area contributed by atoms with Gasteiger partial charge < -0.3 is 5.32 Å². The Labute approximate surface area is 118 Å². The highest BCUT2D eigenvalue weighted by Gasteiger charge is 2.19. The summed E-state index contributed by atoms with van der Waals surface area (Å²) in [6, 6.07) is 6.69. The number of aryl methyl sites for hydroxylation is 1. The fourth-order valence-electron chi connectivity index (χ4n) is 3.01. The van der Waals surface area contributed by atoms with Crippen LogP contribution in [0.2, 0.25) is 0 Å². The second kappa shape index (κ2) is 7.06. The van der Waals surface area contributed by atoms with Crippen molar-refractivity contribution in [3.63, 3.8) is 0 Å². The molecule has 0 aliphatic carbocycles. The summed E-state index contributed by atoms with van der Waals surface area (Å²) >= 11 is 0. The summed E-state index contributed by atoms with van der Waals surface area (Å²) in [4.78, 5) is 2.62. The van der Waals surface area contributed by atoms with Gasteiger partial charge in [-0.05, 0) is 82.4 Å². The van der Waals surface area contributed by atoms with Crippen LogP contribution in [0.25, 0.3) is 0 Å². The zero-order valence-corrected chi connectivity index (χ0v) is 12.7. The van der Waals surface area contributed by atoms with Crippen molar-refractivity contribution >= 4 is 0 Å². The second-order valence-corrected chi connectivity index (χ2v) is 5.97. The summed E-state index contributed by atoms with van der Waals surface area (Å²) in [7, 11) is 2.05. The maximum Gasteiger partial charge on any atom is 0.0236 e. The van der Waals surface area contributed by atoms with Crippen LogP contribution in [0.4, 0.5) is 0 Å². The lowest BCUT2D eigenvalue weighted by Gasteiger charge is -2.32. The number of likely N-dealkylation sites (tertiary alicyclic amines) is 1. The number of hydrogen-bond acceptors (Lipinski definition) is 2. The number of rotatable bonds is 5. The van der Waals surface area contributed by atoms with Gasteiger partial charge >= 0.3 is 0 Å². The minimum absolute atomic E-state index is 0.933. The SMILES string of the molecule is CNCCC1CCN(Cc2cccc(C)c2C)CC1. The van der Waals surface area contributed by atoms with E-state index in [0.29, 0.717) is 0 Å². The summed E-state index contributed by atoms with van der Waals surface area (Å²) < 4.78 is 0. The van der Waals surface area contributed by atoms with Crippen molar-refractivity contribution in [1.82, 2.24) is 10.2 Å². The van der Waals surface area contributed by atoms with Gasteiger partial charge in [-0.25, -0.2) is 0 Å². The molecule has 1 saturated heterocycles. The van der Waals surface area contributed by atoms with Crippen LogP contribution in [0.1, 0.15) is 36.0 Å². The summed E-state index contributed by atoms with van der Waals surface area (Å²) in [5, 5.41) is 3.27. The number of nitrogens with one attached hydrogen (secondary N) is 1. The molecule has 2 rings (SSSR count). The molecule has 0 aromatic heterocycles. The third-order valence-corrected chi connectivity index (χ3v) is 4.62. The van der Waals surface area contributed by atoms with E-state index in [1.165, 1.54) is 55.6 Å². The Hall–Kier alpha value is -0.860. The Morgan fingerprint density at radius 3 is 2.63 bits per heavy atom. The lowest BCUT2D eigenvalue weighted by Crippen LogP contribution is -2.34. The van der Waals surface area contributed by atoms with E-state index < -0.39 is 0 Å². The zero-order valence-electron chi connectivity index (χ0n) is 12.7. The molecule has 1 aromatic carbocycles. The highest BCUT2D eigenvalue weighted by molar-refractivity contribution is 5.33. The molecule has 0 unspecified atom stereocenters. The third kappa shape index (κ3) is 4.05. The normalized spacial score (nSPS) is 17.8. The molecule has 1 aromatic rings. The molecule has 0 amide bonds. The van der Waals surface area contributed by atoms with Crippen LogP contribution in [-0.2, 0) is 6.54 Å². The Morgan fingerprint density at radius 2 is 1.95 bits per heavy atom. The van der Waals surface area contributed by atoms with Gasteiger partial charge in [-0.2, -0.15) is 0 Å². The third-order valence-electron chi connectivity index (χ3n) is 4.62. The molecule has 0 bridgehead atoms. The van der Waals surface area contributed by atoms with Gasteiger partial charge in [-0.3, -0.25) is 4.90 Å². The standard InChI is InChI=1S/C17H28N2/c1-14-5-4-6-17(15(14)2)13-19-11-8-16(9-12-19)7-10-18-3/h4-6,16,18H,7-13H2,1-3H3. The number of nitrogens with zero attached hydrogens (tertiary/aromatic N) is 1. The van der Waals surface area contributed by atoms with E-state index in [1.807, 2.05) is 0 Å². The lowest BCUT2D eigenvalue weighted by atomic mass is 9.93. The van der Waals surface area contributed by atoms with Crippen molar-refractivity contribution in [1.29, 1.82) is 0 Å². The van der Waals surface area contributed by atoms with Crippen LogP contribution < -0.4 is 5.32 Å². The fraction of sp³-hybridized carbons (Fsp3) is 0.647. The van der Waals surface area contributed by atoms with Crippen LogP contribution in [-0.4, -0.2) is 31.6 Å². The Morgan fingerprint density at radius 1 is 1.21 bits per heavy atom. The van der Waals surface area contributed by atoms with Crippen molar-refractivity contribution in [2.45, 2.75) is 39.7 Å². The average molecular weight is 260 g/mol. The second-order valence-electron chi connectivity index (χ2n) is 5.97. The van der Waals surface area contributed by atoms with E-state index in [2.05, 4.69) is 49.3 Å². The van der Waals surface area contributed by atoms with Gasteiger partial charge in [0.15, 0.2) is 0 Å². The first-order valence-corrected chi connectivity index (χ1v) is 7.62. The molecule has 1 heterocycles. The molecule has 2 nitrogen and oxygen atoms in total. The highest BCUT2D eigenvalue weighted by atomic mass is 15.1. The maximum absolute atomic E-state index is 3.27. The van der Waals surface area contributed by atoms with Gasteiger partial charge in [0.2, 0.25) is 0 Å². The molecule has 106 valence electrons. The fourth-order valence-corrected chi connectivity index (χ4v) is 3.01. The molecule has 1 fully saturated rings. The average Bonchev–Trinajstić information content (AvgIpc) is 2.43. The van der Waals surface area contributed by atoms with Crippen molar-refractivity contribution in [2.24, 2.45) is 5.92 Å². The summed E-state index contributed by atoms with van der Waals surface area (Å²) in [6.07, 6.45) is 4.08. The molecule has 0 spiro atoms. The number of piperidine rings is 1. The quantitative estimate of drug-likeness (QED) is 0.875. The van der Waals surface area contributed by atoms with Crippen molar-refractivity contribution in [3.05, 3.63) is 34.9 Å². The van der Waals surface area contributed by atoms with Crippen LogP contribution >= 0.6 is 0 Å². The van der Waals surface area contributed by atoms with E-state index in [0.717, 1.165) is 12.5 Å². The van der Waals surface area contributed by atoms with E-state index in [9.17, 15) is 0 Å². The van der Waals surface area contributed by atoms with Gasteiger partial charge in [0.1, 0.15) is 0 Å². The first kappa shape index (κ1) is 14.5. The van der Waals surface area contributed by atoms with Crippen molar-refractivity contribution in [2.75, 3.05) is 26.7 Å². The Balaban J connectivity index is 1.84. The number of benzene rings is 1. The Bertz CT molecular complexity index is 392. The predicted molar refractivity (Wildman–Crippen MR) is 82.5 cm³/mol. The summed E-state index contributed by atoms with van der Waals surface area (Å²) in [5.41, 5.74) is 4.40.